The SMILES string of the molecule is Cc1cc(C)c(OCC(=O)Oc2ccc(-n3cnnn3)cc2)c(C)c1. The van der Waals surface area contributed by atoms with Gasteiger partial charge in [0.05, 0.1) is 5.69 Å². The van der Waals surface area contributed by atoms with Crippen LogP contribution in [0.3, 0.4) is 0 Å². The van der Waals surface area contributed by atoms with E-state index >= 15 is 0 Å². The number of rotatable bonds is 5. The zero-order chi connectivity index (χ0) is 17.8. The summed E-state index contributed by atoms with van der Waals surface area (Å²) >= 11 is 0. The number of carbonyl (C=O) groups is 1. The quantitative estimate of drug-likeness (QED) is 0.525. The van der Waals surface area contributed by atoms with Gasteiger partial charge in [-0.25, -0.2) is 9.48 Å². The molecular weight excluding hydrogens is 320 g/mol. The first-order valence-corrected chi connectivity index (χ1v) is 7.77. The minimum atomic E-state index is -0.463. The number of tetrazole rings is 1. The monoisotopic (exact) mass is 338 g/mol. The summed E-state index contributed by atoms with van der Waals surface area (Å²) in [5, 5.41) is 10.9. The number of ether oxygens (including phenoxy) is 2. The molecule has 0 N–H and O–H groups in total. The van der Waals surface area contributed by atoms with E-state index < -0.39 is 5.97 Å². The maximum absolute atomic E-state index is 12.0. The zero-order valence-electron chi connectivity index (χ0n) is 14.3. The van der Waals surface area contributed by atoms with Crippen LogP contribution in [0.15, 0.2) is 42.7 Å². The molecule has 3 rings (SSSR count). The normalized spacial score (nSPS) is 10.5. The largest absolute Gasteiger partial charge is 0.481 e. The number of esters is 1. The fourth-order valence-electron chi connectivity index (χ4n) is 2.63. The van der Waals surface area contributed by atoms with Gasteiger partial charge in [-0.15, -0.1) is 5.10 Å². The van der Waals surface area contributed by atoms with Crippen LogP contribution in [-0.4, -0.2) is 32.8 Å². The van der Waals surface area contributed by atoms with Crippen molar-refractivity contribution >= 4 is 5.97 Å². The number of carbonyl (C=O) groups excluding carboxylic acids is 1. The van der Waals surface area contributed by atoms with Crippen molar-refractivity contribution in [3.8, 4) is 17.2 Å². The Balaban J connectivity index is 1.60. The van der Waals surface area contributed by atoms with Crippen LogP contribution < -0.4 is 9.47 Å². The Morgan fingerprint density at radius 3 is 2.36 bits per heavy atom. The van der Waals surface area contributed by atoms with Crippen LogP contribution in [-0.2, 0) is 4.79 Å². The Morgan fingerprint density at radius 2 is 1.76 bits per heavy atom. The lowest BCUT2D eigenvalue weighted by Gasteiger charge is -2.12. The standard InChI is InChI=1S/C18H18N4O3/c1-12-8-13(2)18(14(3)9-12)24-10-17(23)25-16-6-4-15(5-7-16)22-11-19-20-21-22/h4-9,11H,10H2,1-3H3. The lowest BCUT2D eigenvalue weighted by Crippen LogP contribution is -2.18. The minimum Gasteiger partial charge on any atom is -0.481 e. The highest BCUT2D eigenvalue weighted by atomic mass is 16.6. The smallest absolute Gasteiger partial charge is 0.349 e. The van der Waals surface area contributed by atoms with E-state index in [0.29, 0.717) is 5.75 Å². The van der Waals surface area contributed by atoms with Gasteiger partial charge in [0.15, 0.2) is 6.61 Å². The number of hydrogen-bond donors (Lipinski definition) is 0. The molecule has 0 aliphatic carbocycles. The Bertz CT molecular complexity index is 851. The molecule has 128 valence electrons. The third kappa shape index (κ3) is 4.00. The molecule has 0 saturated heterocycles. The summed E-state index contributed by atoms with van der Waals surface area (Å²) in [5.41, 5.74) is 3.92. The molecule has 0 amide bonds. The molecule has 1 heterocycles. The average Bonchev–Trinajstić information content (AvgIpc) is 3.09. The van der Waals surface area contributed by atoms with Gasteiger partial charge in [0.25, 0.3) is 0 Å². The number of benzene rings is 2. The fourth-order valence-corrected chi connectivity index (χ4v) is 2.63. The van der Waals surface area contributed by atoms with Crippen molar-refractivity contribution in [2.45, 2.75) is 20.8 Å². The first-order valence-electron chi connectivity index (χ1n) is 7.77. The van der Waals surface area contributed by atoms with Gasteiger partial charge >= 0.3 is 5.97 Å². The Hall–Kier alpha value is -3.22. The van der Waals surface area contributed by atoms with E-state index in [0.717, 1.165) is 28.1 Å². The summed E-state index contributed by atoms with van der Waals surface area (Å²) in [4.78, 5) is 12.0. The van der Waals surface area contributed by atoms with Crippen molar-refractivity contribution in [1.82, 2.24) is 20.2 Å². The topological polar surface area (TPSA) is 79.1 Å². The summed E-state index contributed by atoms with van der Waals surface area (Å²) in [6.45, 7) is 5.79. The van der Waals surface area contributed by atoms with Gasteiger partial charge in [0, 0.05) is 0 Å². The maximum Gasteiger partial charge on any atom is 0.349 e. The summed E-state index contributed by atoms with van der Waals surface area (Å²) in [5.74, 6) is 0.689. The van der Waals surface area contributed by atoms with Gasteiger partial charge in [0.2, 0.25) is 0 Å². The molecule has 0 radical (unpaired) electrons. The Labute approximate surface area is 145 Å². The molecule has 0 spiro atoms. The van der Waals surface area contributed by atoms with E-state index in [-0.39, 0.29) is 6.61 Å². The molecule has 2 aromatic carbocycles. The van der Waals surface area contributed by atoms with Crippen LogP contribution in [0.2, 0.25) is 0 Å². The van der Waals surface area contributed by atoms with Crippen LogP contribution in [0.4, 0.5) is 0 Å². The van der Waals surface area contributed by atoms with Crippen LogP contribution in [0, 0.1) is 20.8 Å². The van der Waals surface area contributed by atoms with E-state index in [4.69, 9.17) is 9.47 Å². The predicted octanol–water partition coefficient (Wildman–Crippen LogP) is 2.57. The second-order valence-electron chi connectivity index (χ2n) is 5.74. The molecule has 0 unspecified atom stereocenters. The second-order valence-corrected chi connectivity index (χ2v) is 5.74. The van der Waals surface area contributed by atoms with Crippen LogP contribution in [0.5, 0.6) is 11.5 Å². The zero-order valence-corrected chi connectivity index (χ0v) is 14.3. The summed E-state index contributed by atoms with van der Waals surface area (Å²) < 4.78 is 12.4. The minimum absolute atomic E-state index is 0.153. The molecule has 25 heavy (non-hydrogen) atoms. The van der Waals surface area contributed by atoms with Crippen LogP contribution >= 0.6 is 0 Å². The highest BCUT2D eigenvalue weighted by molar-refractivity contribution is 5.74. The van der Waals surface area contributed by atoms with Crippen molar-refractivity contribution in [3.63, 3.8) is 0 Å². The molecule has 7 nitrogen and oxygen atoms in total. The van der Waals surface area contributed by atoms with E-state index in [9.17, 15) is 4.79 Å². The fraction of sp³-hybridized carbons (Fsp3) is 0.222. The lowest BCUT2D eigenvalue weighted by molar-refractivity contribution is -0.136. The number of aryl methyl sites for hydroxylation is 3. The Morgan fingerprint density at radius 1 is 1.08 bits per heavy atom. The molecule has 7 heteroatoms. The van der Waals surface area contributed by atoms with E-state index in [1.807, 2.05) is 32.9 Å². The molecule has 3 aromatic rings. The van der Waals surface area contributed by atoms with Crippen molar-refractivity contribution in [2.24, 2.45) is 0 Å². The average molecular weight is 338 g/mol. The van der Waals surface area contributed by atoms with Crippen molar-refractivity contribution < 1.29 is 14.3 Å². The molecule has 0 aliphatic heterocycles. The summed E-state index contributed by atoms with van der Waals surface area (Å²) in [6.07, 6.45) is 1.49. The molecule has 0 atom stereocenters. The van der Waals surface area contributed by atoms with E-state index in [1.54, 1.807) is 24.3 Å². The number of nitrogens with zero attached hydrogens (tertiary/aromatic N) is 4. The number of aromatic nitrogens is 4. The first kappa shape index (κ1) is 16.6. The highest BCUT2D eigenvalue weighted by Gasteiger charge is 2.10. The number of hydrogen-bond acceptors (Lipinski definition) is 6. The van der Waals surface area contributed by atoms with Crippen molar-refractivity contribution in [3.05, 3.63) is 59.4 Å². The van der Waals surface area contributed by atoms with E-state index in [2.05, 4.69) is 15.5 Å². The van der Waals surface area contributed by atoms with Gasteiger partial charge in [-0.1, -0.05) is 17.7 Å². The van der Waals surface area contributed by atoms with Gasteiger partial charge in [-0.3, -0.25) is 0 Å². The Kier molecular flexibility index (Phi) is 4.74. The molecule has 0 aliphatic rings. The summed E-state index contributed by atoms with van der Waals surface area (Å²) in [6, 6.07) is 10.9. The summed E-state index contributed by atoms with van der Waals surface area (Å²) in [7, 11) is 0. The highest BCUT2D eigenvalue weighted by Crippen LogP contribution is 2.24. The molecular formula is C18H18N4O3. The maximum atomic E-state index is 12.0. The van der Waals surface area contributed by atoms with Gasteiger partial charge < -0.3 is 9.47 Å². The third-order valence-electron chi connectivity index (χ3n) is 3.62. The predicted molar refractivity (Wildman–Crippen MR) is 90.9 cm³/mol. The van der Waals surface area contributed by atoms with Crippen molar-refractivity contribution in [2.75, 3.05) is 6.61 Å². The molecule has 0 saturated carbocycles. The van der Waals surface area contributed by atoms with Gasteiger partial charge in [0.1, 0.15) is 17.8 Å². The third-order valence-corrected chi connectivity index (χ3v) is 3.62. The van der Waals surface area contributed by atoms with Crippen LogP contribution in [0.1, 0.15) is 16.7 Å². The molecule has 1 aromatic heterocycles. The second kappa shape index (κ2) is 7.12. The van der Waals surface area contributed by atoms with Gasteiger partial charge in [-0.2, -0.15) is 0 Å². The first-order chi connectivity index (χ1) is 12.0. The molecule has 0 bridgehead atoms. The van der Waals surface area contributed by atoms with Crippen molar-refractivity contribution in [1.29, 1.82) is 0 Å². The van der Waals surface area contributed by atoms with Gasteiger partial charge in [-0.05, 0) is 66.6 Å². The van der Waals surface area contributed by atoms with E-state index in [1.165, 1.54) is 11.0 Å². The lowest BCUT2D eigenvalue weighted by atomic mass is 10.1. The van der Waals surface area contributed by atoms with Crippen LogP contribution in [0.25, 0.3) is 5.69 Å². The molecule has 0 fully saturated rings.